The van der Waals surface area contributed by atoms with E-state index in [1.54, 1.807) is 17.9 Å². The van der Waals surface area contributed by atoms with Gasteiger partial charge in [0.05, 0.1) is 10.6 Å². The van der Waals surface area contributed by atoms with Crippen molar-refractivity contribution < 1.29 is 22.7 Å². The molecular formula is C22H26N4O5S. The first-order chi connectivity index (χ1) is 15.1. The SMILES string of the molecule is Cc1ccc(C)c(NC(=O)N2CCN(S(=O)(=O)c3ccc4c(c3)NC(=O)[C@H](C)O4)CC2)c1. The van der Waals surface area contributed by atoms with Gasteiger partial charge < -0.3 is 20.3 Å². The van der Waals surface area contributed by atoms with Crippen LogP contribution in [-0.4, -0.2) is 61.8 Å². The number of hydrogen-bond acceptors (Lipinski definition) is 5. The van der Waals surface area contributed by atoms with Crippen molar-refractivity contribution in [1.82, 2.24) is 9.21 Å². The second-order valence-corrected chi connectivity index (χ2v) is 9.98. The van der Waals surface area contributed by atoms with E-state index < -0.39 is 16.1 Å². The molecule has 1 fully saturated rings. The fourth-order valence-corrected chi connectivity index (χ4v) is 5.14. The highest BCUT2D eigenvalue weighted by atomic mass is 32.2. The molecule has 0 unspecified atom stereocenters. The molecule has 1 atom stereocenters. The number of fused-ring (bicyclic) bond motifs is 1. The highest BCUT2D eigenvalue weighted by Crippen LogP contribution is 2.33. The number of benzene rings is 2. The number of sulfonamides is 1. The summed E-state index contributed by atoms with van der Waals surface area (Å²) in [5.74, 6) is 0.111. The molecule has 2 heterocycles. The number of nitrogens with zero attached hydrogens (tertiary/aromatic N) is 2. The molecule has 3 amide bonds. The Bertz CT molecular complexity index is 1170. The van der Waals surface area contributed by atoms with E-state index in [4.69, 9.17) is 4.74 Å². The van der Waals surface area contributed by atoms with Crippen LogP contribution < -0.4 is 15.4 Å². The van der Waals surface area contributed by atoms with Gasteiger partial charge in [0.15, 0.2) is 6.10 Å². The number of carbonyl (C=O) groups is 2. The minimum absolute atomic E-state index is 0.0722. The predicted molar refractivity (Wildman–Crippen MR) is 120 cm³/mol. The molecule has 2 aliphatic rings. The lowest BCUT2D eigenvalue weighted by molar-refractivity contribution is -0.122. The zero-order chi connectivity index (χ0) is 23.0. The highest BCUT2D eigenvalue weighted by Gasteiger charge is 2.32. The number of rotatable bonds is 3. The molecule has 4 rings (SSSR count). The second kappa shape index (κ2) is 8.44. The number of ether oxygens (including phenoxy) is 1. The van der Waals surface area contributed by atoms with Crippen molar-refractivity contribution in [3.63, 3.8) is 0 Å². The summed E-state index contributed by atoms with van der Waals surface area (Å²) in [6.07, 6.45) is -0.632. The minimum Gasteiger partial charge on any atom is -0.479 e. The molecule has 170 valence electrons. The van der Waals surface area contributed by atoms with Gasteiger partial charge in [0, 0.05) is 31.9 Å². The van der Waals surface area contributed by atoms with E-state index in [9.17, 15) is 18.0 Å². The Hall–Kier alpha value is -3.11. The first-order valence-electron chi connectivity index (χ1n) is 10.4. The Morgan fingerprint density at radius 2 is 1.81 bits per heavy atom. The molecule has 0 aromatic heterocycles. The first-order valence-corrected chi connectivity index (χ1v) is 11.8. The summed E-state index contributed by atoms with van der Waals surface area (Å²) in [7, 11) is -3.78. The molecule has 0 bridgehead atoms. The summed E-state index contributed by atoms with van der Waals surface area (Å²) >= 11 is 0. The molecule has 9 nitrogen and oxygen atoms in total. The van der Waals surface area contributed by atoms with E-state index in [0.29, 0.717) is 11.4 Å². The Morgan fingerprint density at radius 1 is 1.09 bits per heavy atom. The summed E-state index contributed by atoms with van der Waals surface area (Å²) in [6, 6.07) is 10.0. The van der Waals surface area contributed by atoms with Crippen molar-refractivity contribution in [2.75, 3.05) is 36.8 Å². The zero-order valence-corrected chi connectivity index (χ0v) is 19.0. The van der Waals surface area contributed by atoms with E-state index in [1.165, 1.54) is 16.4 Å². The van der Waals surface area contributed by atoms with Gasteiger partial charge >= 0.3 is 6.03 Å². The predicted octanol–water partition coefficient (Wildman–Crippen LogP) is 2.56. The van der Waals surface area contributed by atoms with Crippen LogP contribution in [0.5, 0.6) is 5.75 Å². The lowest BCUT2D eigenvalue weighted by Crippen LogP contribution is -2.51. The number of piperazine rings is 1. The normalized spacial score (nSPS) is 19.0. The third-order valence-corrected chi connectivity index (χ3v) is 7.57. The third kappa shape index (κ3) is 4.28. The maximum atomic E-state index is 13.1. The topological polar surface area (TPSA) is 108 Å². The van der Waals surface area contributed by atoms with Crippen LogP contribution in [0, 0.1) is 13.8 Å². The maximum absolute atomic E-state index is 13.1. The molecule has 2 N–H and O–H groups in total. The van der Waals surface area contributed by atoms with Crippen LogP contribution in [0.1, 0.15) is 18.1 Å². The number of hydrogen-bond donors (Lipinski definition) is 2. The van der Waals surface area contributed by atoms with Gasteiger partial charge in [0.25, 0.3) is 5.91 Å². The molecule has 2 aromatic carbocycles. The van der Waals surface area contributed by atoms with Gasteiger partial charge in [-0.05, 0) is 56.2 Å². The average molecular weight is 459 g/mol. The molecule has 0 radical (unpaired) electrons. The highest BCUT2D eigenvalue weighted by molar-refractivity contribution is 7.89. The Kier molecular flexibility index (Phi) is 5.83. The quantitative estimate of drug-likeness (QED) is 0.735. The standard InChI is InChI=1S/C22H26N4O5S/c1-14-4-5-15(2)18(12-14)24-22(28)25-8-10-26(11-9-25)32(29,30)17-6-7-20-19(13-17)23-21(27)16(3)31-20/h4-7,12-13,16H,8-11H2,1-3H3,(H,23,27)(H,24,28)/t16-/m0/s1. The van der Waals surface area contributed by atoms with Gasteiger partial charge in [-0.3, -0.25) is 4.79 Å². The number of urea groups is 1. The van der Waals surface area contributed by atoms with Crippen molar-refractivity contribution in [3.05, 3.63) is 47.5 Å². The molecule has 10 heteroatoms. The van der Waals surface area contributed by atoms with Gasteiger partial charge in [-0.15, -0.1) is 0 Å². The van der Waals surface area contributed by atoms with E-state index in [-0.39, 0.29) is 43.0 Å². The van der Waals surface area contributed by atoms with Crippen LogP contribution in [0.3, 0.4) is 0 Å². The zero-order valence-electron chi connectivity index (χ0n) is 18.2. The van der Waals surface area contributed by atoms with Crippen molar-refractivity contribution >= 4 is 33.3 Å². The van der Waals surface area contributed by atoms with E-state index in [1.807, 2.05) is 32.0 Å². The Balaban J connectivity index is 1.42. The Morgan fingerprint density at radius 3 is 2.53 bits per heavy atom. The molecule has 0 aliphatic carbocycles. The fourth-order valence-electron chi connectivity index (χ4n) is 3.69. The molecule has 2 aromatic rings. The van der Waals surface area contributed by atoms with Gasteiger partial charge in [0.1, 0.15) is 5.75 Å². The van der Waals surface area contributed by atoms with Crippen LogP contribution in [0.4, 0.5) is 16.2 Å². The summed E-state index contributed by atoms with van der Waals surface area (Å²) in [5, 5.41) is 5.58. The molecule has 1 saturated heterocycles. The van der Waals surface area contributed by atoms with Gasteiger partial charge in [-0.25, -0.2) is 13.2 Å². The summed E-state index contributed by atoms with van der Waals surface area (Å²) in [6.45, 7) is 6.41. The van der Waals surface area contributed by atoms with Crippen molar-refractivity contribution in [1.29, 1.82) is 0 Å². The van der Waals surface area contributed by atoms with Gasteiger partial charge in [-0.1, -0.05) is 12.1 Å². The number of anilines is 2. The molecule has 2 aliphatic heterocycles. The molecular weight excluding hydrogens is 432 g/mol. The number of carbonyl (C=O) groups excluding carboxylic acids is 2. The van der Waals surface area contributed by atoms with E-state index in [0.717, 1.165) is 16.8 Å². The summed E-state index contributed by atoms with van der Waals surface area (Å²) in [4.78, 5) is 26.2. The van der Waals surface area contributed by atoms with Crippen LogP contribution in [0.25, 0.3) is 0 Å². The average Bonchev–Trinajstić information content (AvgIpc) is 2.76. The second-order valence-electron chi connectivity index (χ2n) is 8.05. The number of amides is 3. The van der Waals surface area contributed by atoms with Crippen LogP contribution in [0.2, 0.25) is 0 Å². The maximum Gasteiger partial charge on any atom is 0.321 e. The van der Waals surface area contributed by atoms with Gasteiger partial charge in [0.2, 0.25) is 10.0 Å². The van der Waals surface area contributed by atoms with E-state index >= 15 is 0 Å². The minimum atomic E-state index is -3.78. The lowest BCUT2D eigenvalue weighted by Gasteiger charge is -2.34. The lowest BCUT2D eigenvalue weighted by atomic mass is 10.1. The fraction of sp³-hybridized carbons (Fsp3) is 0.364. The summed E-state index contributed by atoms with van der Waals surface area (Å²) in [5.41, 5.74) is 3.09. The first kappa shape index (κ1) is 22.1. The van der Waals surface area contributed by atoms with Gasteiger partial charge in [-0.2, -0.15) is 4.31 Å². The van der Waals surface area contributed by atoms with Crippen molar-refractivity contribution in [3.8, 4) is 5.75 Å². The molecule has 0 spiro atoms. The molecule has 0 saturated carbocycles. The largest absolute Gasteiger partial charge is 0.479 e. The Labute approximate surface area is 187 Å². The monoisotopic (exact) mass is 458 g/mol. The summed E-state index contributed by atoms with van der Waals surface area (Å²) < 4.78 is 33.1. The van der Waals surface area contributed by atoms with E-state index in [2.05, 4.69) is 10.6 Å². The third-order valence-electron chi connectivity index (χ3n) is 5.68. The smallest absolute Gasteiger partial charge is 0.321 e. The van der Waals surface area contributed by atoms with Crippen molar-refractivity contribution in [2.45, 2.75) is 31.8 Å². The van der Waals surface area contributed by atoms with Crippen LogP contribution in [-0.2, 0) is 14.8 Å². The van der Waals surface area contributed by atoms with Crippen LogP contribution >= 0.6 is 0 Å². The molecule has 32 heavy (non-hydrogen) atoms. The number of nitrogens with one attached hydrogen (secondary N) is 2. The van der Waals surface area contributed by atoms with Crippen LogP contribution in [0.15, 0.2) is 41.3 Å². The number of aryl methyl sites for hydroxylation is 2. The van der Waals surface area contributed by atoms with Crippen molar-refractivity contribution in [2.24, 2.45) is 0 Å².